The van der Waals surface area contributed by atoms with Crippen molar-refractivity contribution in [3.63, 3.8) is 0 Å². The Morgan fingerprint density at radius 1 is 1.00 bits per heavy atom. The van der Waals surface area contributed by atoms with Crippen molar-refractivity contribution in [1.29, 1.82) is 0 Å². The summed E-state index contributed by atoms with van der Waals surface area (Å²) in [7, 11) is 5.49. The smallest absolute Gasteiger partial charge is 1.00 e. The van der Waals surface area contributed by atoms with E-state index in [9.17, 15) is 0 Å². The number of fused-ring (bicyclic) bond motifs is 1. The monoisotopic (exact) mass is 615 g/mol. The number of ether oxygens (including phenoxy) is 1. The summed E-state index contributed by atoms with van der Waals surface area (Å²) in [5.41, 5.74) is 5.94. The van der Waals surface area contributed by atoms with Crippen LogP contribution >= 0.6 is 18.5 Å². The Bertz CT molecular complexity index is 1040. The van der Waals surface area contributed by atoms with Crippen LogP contribution in [0.15, 0.2) is 28.7 Å². The topological polar surface area (TPSA) is 22.4 Å². The molecule has 1 heterocycles. The van der Waals surface area contributed by atoms with Gasteiger partial charge in [-0.1, -0.05) is 25.0 Å². The molecule has 3 atom stereocenters. The van der Waals surface area contributed by atoms with Crippen LogP contribution in [-0.2, 0) is 25.0 Å². The van der Waals surface area contributed by atoms with Crippen LogP contribution in [-0.4, -0.2) is 6.10 Å². The van der Waals surface area contributed by atoms with Crippen LogP contribution in [0, 0.1) is 40.0 Å². The number of hydrogen-bond acceptors (Lipinski definition) is 2. The van der Waals surface area contributed by atoms with Crippen LogP contribution in [0.4, 0.5) is 0 Å². The maximum Gasteiger partial charge on any atom is 1.00 e. The third-order valence-corrected chi connectivity index (χ3v) is 6.13. The van der Waals surface area contributed by atoms with Gasteiger partial charge >= 0.3 is 68.9 Å². The largest absolute Gasteiger partial charge is 1.00 e. The SMILES string of the molecule is C#CC(C)Oc1cc(P)c(C)cc1C.CCc1cc2c(P)c(C)cc(C)c2o1.[Cs+].[F-].[V]. The molecule has 161 valence electrons. The molecule has 2 nitrogen and oxygen atoms in total. The maximum absolute atomic E-state index is 5.77. The number of furan rings is 1. The second-order valence-corrected chi connectivity index (χ2v) is 8.33. The molecule has 0 bridgehead atoms. The van der Waals surface area contributed by atoms with Crippen LogP contribution in [0.25, 0.3) is 11.0 Å². The first kappa shape index (κ1) is 33.9. The van der Waals surface area contributed by atoms with E-state index >= 15 is 0 Å². The minimum Gasteiger partial charge on any atom is -1.00 e. The van der Waals surface area contributed by atoms with Crippen molar-refractivity contribution in [3.8, 4) is 18.1 Å². The fourth-order valence-corrected chi connectivity index (χ4v) is 3.52. The molecule has 0 aliphatic heterocycles. The predicted molar refractivity (Wildman–Crippen MR) is 129 cm³/mol. The van der Waals surface area contributed by atoms with E-state index in [4.69, 9.17) is 15.6 Å². The predicted octanol–water partition coefficient (Wildman–Crippen LogP) is -0.678. The molecule has 0 N–H and O–H groups in total. The van der Waals surface area contributed by atoms with Crippen molar-refractivity contribution in [1.82, 2.24) is 0 Å². The first-order valence-electron chi connectivity index (χ1n) is 9.45. The molecule has 2 aromatic carbocycles. The van der Waals surface area contributed by atoms with E-state index in [2.05, 4.69) is 70.3 Å². The second kappa shape index (κ2) is 15.6. The summed E-state index contributed by atoms with van der Waals surface area (Å²) in [5.74, 6) is 4.48. The van der Waals surface area contributed by atoms with Crippen molar-refractivity contribution in [2.75, 3.05) is 0 Å². The Morgan fingerprint density at radius 2 is 1.58 bits per heavy atom. The van der Waals surface area contributed by atoms with Gasteiger partial charge in [-0.25, -0.2) is 0 Å². The normalized spacial score (nSPS) is 10.4. The summed E-state index contributed by atoms with van der Waals surface area (Å²) in [6.07, 6.45) is 6.03. The van der Waals surface area contributed by atoms with Crippen LogP contribution in [0.3, 0.4) is 0 Å². The molecule has 0 fully saturated rings. The summed E-state index contributed by atoms with van der Waals surface area (Å²) in [4.78, 5) is 0. The quantitative estimate of drug-likeness (QED) is 0.288. The van der Waals surface area contributed by atoms with Gasteiger partial charge in [-0.2, -0.15) is 0 Å². The number of hydrogen-bond donors (Lipinski definition) is 0. The van der Waals surface area contributed by atoms with E-state index in [1.165, 1.54) is 27.4 Å². The van der Waals surface area contributed by atoms with Crippen molar-refractivity contribution in [3.05, 3.63) is 52.3 Å². The van der Waals surface area contributed by atoms with Gasteiger partial charge in [0, 0.05) is 30.4 Å². The number of aryl methyl sites for hydroxylation is 5. The zero-order chi connectivity index (χ0) is 21.0. The molecule has 1 aromatic heterocycles. The van der Waals surface area contributed by atoms with Gasteiger partial charge in [0.1, 0.15) is 17.1 Å². The summed E-state index contributed by atoms with van der Waals surface area (Å²) in [5, 5.41) is 3.65. The van der Waals surface area contributed by atoms with Crippen LogP contribution in [0.5, 0.6) is 5.75 Å². The van der Waals surface area contributed by atoms with Gasteiger partial charge in [0.15, 0.2) is 6.10 Å². The molecule has 0 spiro atoms. The van der Waals surface area contributed by atoms with Gasteiger partial charge in [0.25, 0.3) is 0 Å². The van der Waals surface area contributed by atoms with Crippen molar-refractivity contribution >= 4 is 40.1 Å². The van der Waals surface area contributed by atoms with Gasteiger partial charge in [-0.15, -0.1) is 24.9 Å². The van der Waals surface area contributed by atoms with Gasteiger partial charge in [0.05, 0.1) is 0 Å². The van der Waals surface area contributed by atoms with Crippen molar-refractivity contribution in [2.45, 2.75) is 54.1 Å². The number of benzene rings is 2. The Hall–Kier alpha value is 0.766. The molecule has 3 aromatic rings. The van der Waals surface area contributed by atoms with Gasteiger partial charge < -0.3 is 13.9 Å². The standard InChI is InChI=1S/2C12H15OP.Cs.FH.V/c1-4-9-6-10-11(13-9)7(2)5-8(3)12(10)14;1-5-10(4)13-11-7-12(14)9(3)6-8(11)2;;;/h5-6H,4,14H2,1-3H3;1,6-7,10H,14H2,2-4H3;;1H;/q;;+1;;/p-1. The average molecular weight is 615 g/mol. The molecular weight excluding hydrogens is 585 g/mol. The fraction of sp³-hybridized carbons (Fsp3) is 0.333. The van der Waals surface area contributed by atoms with E-state index in [0.29, 0.717) is 0 Å². The Morgan fingerprint density at radius 3 is 2.13 bits per heavy atom. The average Bonchev–Trinajstić information content (AvgIpc) is 3.10. The summed E-state index contributed by atoms with van der Waals surface area (Å²) < 4.78 is 11.4. The molecule has 0 amide bonds. The van der Waals surface area contributed by atoms with E-state index in [0.717, 1.165) is 34.4 Å². The Labute approximate surface area is 261 Å². The number of rotatable bonds is 3. The minimum atomic E-state index is -0.180. The number of terminal acetylenes is 1. The molecule has 3 unspecified atom stereocenters. The molecular formula is C24H30CsFO2P2V. The van der Waals surface area contributed by atoms with Gasteiger partial charge in [-0.05, 0) is 79.6 Å². The summed E-state index contributed by atoms with van der Waals surface area (Å²) in [6, 6.07) is 8.43. The molecule has 7 heteroatoms. The maximum atomic E-state index is 5.77. The van der Waals surface area contributed by atoms with Crippen LogP contribution in [0.1, 0.15) is 41.9 Å². The van der Waals surface area contributed by atoms with E-state index in [-0.39, 0.29) is 98.3 Å². The van der Waals surface area contributed by atoms with Crippen molar-refractivity contribution in [2.24, 2.45) is 0 Å². The van der Waals surface area contributed by atoms with Gasteiger partial charge in [-0.3, -0.25) is 0 Å². The first-order chi connectivity index (χ1) is 13.2. The van der Waals surface area contributed by atoms with Crippen LogP contribution in [0.2, 0.25) is 0 Å². The second-order valence-electron chi connectivity index (χ2n) is 7.13. The van der Waals surface area contributed by atoms with E-state index in [1.807, 2.05) is 19.9 Å². The minimum absolute atomic E-state index is 0. The zero-order valence-electron chi connectivity index (χ0n) is 19.5. The Balaban J connectivity index is 0. The molecule has 31 heavy (non-hydrogen) atoms. The Kier molecular flexibility index (Phi) is 17.1. The molecule has 0 aliphatic rings. The third kappa shape index (κ3) is 9.14. The molecule has 0 aliphatic carbocycles. The van der Waals surface area contributed by atoms with Gasteiger partial charge in [0.2, 0.25) is 0 Å². The molecule has 3 rings (SSSR count). The van der Waals surface area contributed by atoms with Crippen LogP contribution < -0.4 is 88.9 Å². The number of halogens is 1. The molecule has 1 radical (unpaired) electrons. The summed E-state index contributed by atoms with van der Waals surface area (Å²) >= 11 is 0. The zero-order valence-corrected chi connectivity index (χ0v) is 29.5. The third-order valence-electron chi connectivity index (χ3n) is 4.74. The van der Waals surface area contributed by atoms with E-state index in [1.54, 1.807) is 0 Å². The molecule has 0 saturated heterocycles. The fourth-order valence-electron chi connectivity index (χ4n) is 2.99. The van der Waals surface area contributed by atoms with Crippen molar-refractivity contribution < 1.29 is 101 Å². The molecule has 0 saturated carbocycles. The van der Waals surface area contributed by atoms with E-state index < -0.39 is 0 Å². The first-order valence-corrected chi connectivity index (χ1v) is 10.6. The summed E-state index contributed by atoms with van der Waals surface area (Å²) in [6.45, 7) is 12.3.